The highest BCUT2D eigenvalue weighted by molar-refractivity contribution is 7.99. The Bertz CT molecular complexity index is 1050. The molecule has 0 saturated carbocycles. The quantitative estimate of drug-likeness (QED) is 0.286. The highest BCUT2D eigenvalue weighted by Crippen LogP contribution is 2.33. The van der Waals surface area contributed by atoms with Crippen molar-refractivity contribution in [3.05, 3.63) is 40.5 Å². The lowest BCUT2D eigenvalue weighted by Gasteiger charge is -2.05. The summed E-state index contributed by atoms with van der Waals surface area (Å²) in [7, 11) is -3.42. The molecule has 0 atom stereocenters. The van der Waals surface area contributed by atoms with E-state index in [0.29, 0.717) is 23.1 Å². The SMILES string of the molecule is Cc1sc2nc(SCCCS(=O)(=O)c3ccc(F)cc3)nc(N)c2c1C. The predicted octanol–water partition coefficient (Wildman–Crippen LogP) is 3.99. The van der Waals surface area contributed by atoms with E-state index in [-0.39, 0.29) is 10.6 Å². The van der Waals surface area contributed by atoms with Crippen LogP contribution in [-0.4, -0.2) is 29.9 Å². The van der Waals surface area contributed by atoms with Crippen molar-refractivity contribution in [2.75, 3.05) is 17.2 Å². The second-order valence-electron chi connectivity index (χ2n) is 5.83. The van der Waals surface area contributed by atoms with Crippen molar-refractivity contribution >= 4 is 49.0 Å². The van der Waals surface area contributed by atoms with E-state index >= 15 is 0 Å². The molecule has 2 aromatic heterocycles. The number of benzene rings is 1. The van der Waals surface area contributed by atoms with E-state index in [0.717, 1.165) is 32.8 Å². The average Bonchev–Trinajstić information content (AvgIpc) is 2.87. The summed E-state index contributed by atoms with van der Waals surface area (Å²) < 4.78 is 37.4. The van der Waals surface area contributed by atoms with Crippen molar-refractivity contribution in [1.82, 2.24) is 9.97 Å². The van der Waals surface area contributed by atoms with Crippen LogP contribution in [0.1, 0.15) is 16.9 Å². The molecule has 1 aromatic carbocycles. The Balaban J connectivity index is 1.63. The zero-order valence-corrected chi connectivity index (χ0v) is 16.8. The highest BCUT2D eigenvalue weighted by atomic mass is 32.2. The third-order valence-electron chi connectivity index (χ3n) is 4.00. The summed E-state index contributed by atoms with van der Waals surface area (Å²) in [6.07, 6.45) is 0.439. The molecule has 0 bridgehead atoms. The van der Waals surface area contributed by atoms with Gasteiger partial charge in [0.15, 0.2) is 15.0 Å². The number of nitrogens with two attached hydrogens (primary N) is 1. The average molecular weight is 412 g/mol. The monoisotopic (exact) mass is 411 g/mol. The fourth-order valence-electron chi connectivity index (χ4n) is 2.50. The van der Waals surface area contributed by atoms with Gasteiger partial charge in [0, 0.05) is 10.6 Å². The maximum atomic E-state index is 12.9. The molecule has 2 heterocycles. The van der Waals surface area contributed by atoms with E-state index in [4.69, 9.17) is 5.73 Å². The van der Waals surface area contributed by atoms with Crippen LogP contribution >= 0.6 is 23.1 Å². The summed E-state index contributed by atoms with van der Waals surface area (Å²) in [4.78, 5) is 11.0. The van der Waals surface area contributed by atoms with E-state index in [1.165, 1.54) is 23.9 Å². The normalized spacial score (nSPS) is 12.0. The van der Waals surface area contributed by atoms with Gasteiger partial charge in [-0.2, -0.15) is 0 Å². The molecule has 0 spiro atoms. The summed E-state index contributed by atoms with van der Waals surface area (Å²) in [5.41, 5.74) is 7.15. The molecular formula is C17H18FN3O2S3. The summed E-state index contributed by atoms with van der Waals surface area (Å²) in [6.45, 7) is 4.02. The number of nitrogen functional groups attached to an aromatic ring is 1. The fraction of sp³-hybridized carbons (Fsp3) is 0.294. The number of fused-ring (bicyclic) bond motifs is 1. The number of aryl methyl sites for hydroxylation is 2. The summed E-state index contributed by atoms with van der Waals surface area (Å²) in [5.74, 6) is 0.539. The fourth-order valence-corrected chi connectivity index (χ4v) is 5.88. The zero-order valence-electron chi connectivity index (χ0n) is 14.3. The van der Waals surface area contributed by atoms with Gasteiger partial charge in [0.2, 0.25) is 0 Å². The Labute approximate surface area is 159 Å². The number of sulfone groups is 1. The Morgan fingerprint density at radius 1 is 1.19 bits per heavy atom. The number of aromatic nitrogens is 2. The van der Waals surface area contributed by atoms with Crippen molar-refractivity contribution in [3.8, 4) is 0 Å². The third kappa shape index (κ3) is 3.99. The molecular weight excluding hydrogens is 393 g/mol. The first-order chi connectivity index (χ1) is 12.3. The number of anilines is 1. The van der Waals surface area contributed by atoms with E-state index in [1.807, 2.05) is 13.8 Å². The van der Waals surface area contributed by atoms with E-state index in [9.17, 15) is 12.8 Å². The van der Waals surface area contributed by atoms with Gasteiger partial charge in [-0.15, -0.1) is 11.3 Å². The van der Waals surface area contributed by atoms with E-state index < -0.39 is 15.7 Å². The van der Waals surface area contributed by atoms with Gasteiger partial charge < -0.3 is 5.73 Å². The van der Waals surface area contributed by atoms with Gasteiger partial charge in [-0.25, -0.2) is 22.8 Å². The molecule has 0 unspecified atom stereocenters. The van der Waals surface area contributed by atoms with Crippen LogP contribution in [0.15, 0.2) is 34.3 Å². The van der Waals surface area contributed by atoms with Gasteiger partial charge in [-0.1, -0.05) is 11.8 Å². The number of thioether (sulfide) groups is 1. The van der Waals surface area contributed by atoms with Crippen molar-refractivity contribution in [2.24, 2.45) is 0 Å². The molecule has 3 rings (SSSR count). The molecule has 0 aliphatic carbocycles. The van der Waals surface area contributed by atoms with Gasteiger partial charge in [-0.05, 0) is 50.1 Å². The molecule has 0 aliphatic heterocycles. The number of hydrogen-bond donors (Lipinski definition) is 1. The lowest BCUT2D eigenvalue weighted by atomic mass is 10.2. The number of nitrogens with zero attached hydrogens (tertiary/aromatic N) is 2. The van der Waals surface area contributed by atoms with Crippen LogP contribution in [0.4, 0.5) is 10.2 Å². The molecule has 2 N–H and O–H groups in total. The summed E-state index contributed by atoms with van der Waals surface area (Å²) in [5, 5.41) is 1.45. The van der Waals surface area contributed by atoms with Gasteiger partial charge >= 0.3 is 0 Å². The Kier molecular flexibility index (Phi) is 5.50. The highest BCUT2D eigenvalue weighted by Gasteiger charge is 2.15. The minimum absolute atomic E-state index is 0.0133. The van der Waals surface area contributed by atoms with Crippen molar-refractivity contribution in [2.45, 2.75) is 30.3 Å². The third-order valence-corrected chi connectivity index (χ3v) is 7.85. The minimum atomic E-state index is -3.42. The molecule has 0 amide bonds. The molecule has 5 nitrogen and oxygen atoms in total. The predicted molar refractivity (Wildman–Crippen MR) is 105 cm³/mol. The number of halogens is 1. The Morgan fingerprint density at radius 3 is 2.58 bits per heavy atom. The van der Waals surface area contributed by atoms with Crippen LogP contribution in [0.5, 0.6) is 0 Å². The molecule has 26 heavy (non-hydrogen) atoms. The summed E-state index contributed by atoms with van der Waals surface area (Å²) >= 11 is 2.96. The molecule has 0 fully saturated rings. The first-order valence-corrected chi connectivity index (χ1v) is 11.4. The standard InChI is InChI=1S/C17H18FN3O2S3/c1-10-11(2)25-16-14(10)15(19)20-17(21-16)24-8-3-9-26(22,23)13-6-4-12(18)5-7-13/h4-7H,3,8-9H2,1-2H3,(H2,19,20,21). The number of thiophene rings is 1. The second-order valence-corrected chi connectivity index (χ2v) is 10.2. The van der Waals surface area contributed by atoms with Crippen LogP contribution in [-0.2, 0) is 9.84 Å². The van der Waals surface area contributed by atoms with Crippen LogP contribution in [0.3, 0.4) is 0 Å². The lowest BCUT2D eigenvalue weighted by molar-refractivity contribution is 0.593. The van der Waals surface area contributed by atoms with Gasteiger partial charge in [-0.3, -0.25) is 0 Å². The molecule has 3 aromatic rings. The molecule has 0 aliphatic rings. The van der Waals surface area contributed by atoms with Gasteiger partial charge in [0.25, 0.3) is 0 Å². The second kappa shape index (κ2) is 7.50. The van der Waals surface area contributed by atoms with Gasteiger partial charge in [0.1, 0.15) is 16.5 Å². The van der Waals surface area contributed by atoms with Crippen molar-refractivity contribution in [1.29, 1.82) is 0 Å². The van der Waals surface area contributed by atoms with E-state index in [1.54, 1.807) is 11.3 Å². The zero-order chi connectivity index (χ0) is 18.9. The first-order valence-electron chi connectivity index (χ1n) is 7.92. The van der Waals surface area contributed by atoms with Gasteiger partial charge in [0.05, 0.1) is 16.0 Å². The maximum absolute atomic E-state index is 12.9. The lowest BCUT2D eigenvalue weighted by Crippen LogP contribution is -2.08. The summed E-state index contributed by atoms with van der Waals surface area (Å²) in [6, 6.07) is 4.88. The van der Waals surface area contributed by atoms with E-state index in [2.05, 4.69) is 9.97 Å². The van der Waals surface area contributed by atoms with Crippen LogP contribution in [0.2, 0.25) is 0 Å². The smallest absolute Gasteiger partial charge is 0.190 e. The van der Waals surface area contributed by atoms with Crippen molar-refractivity contribution < 1.29 is 12.8 Å². The maximum Gasteiger partial charge on any atom is 0.190 e. The van der Waals surface area contributed by atoms with Crippen molar-refractivity contribution in [3.63, 3.8) is 0 Å². The van der Waals surface area contributed by atoms with Crippen LogP contribution in [0, 0.1) is 19.7 Å². The molecule has 138 valence electrons. The number of hydrogen-bond acceptors (Lipinski definition) is 7. The largest absolute Gasteiger partial charge is 0.383 e. The number of rotatable bonds is 6. The molecule has 0 saturated heterocycles. The molecule has 0 radical (unpaired) electrons. The minimum Gasteiger partial charge on any atom is -0.383 e. The first kappa shape index (κ1) is 19.1. The Morgan fingerprint density at radius 2 is 1.88 bits per heavy atom. The molecule has 9 heteroatoms. The van der Waals surface area contributed by atoms with Crippen LogP contribution in [0.25, 0.3) is 10.2 Å². The van der Waals surface area contributed by atoms with Crippen LogP contribution < -0.4 is 5.73 Å². The Hall–Kier alpha value is -1.71. The topological polar surface area (TPSA) is 85.9 Å².